The highest BCUT2D eigenvalue weighted by molar-refractivity contribution is 5.07. The van der Waals surface area contributed by atoms with E-state index < -0.39 is 0 Å². The van der Waals surface area contributed by atoms with Gasteiger partial charge < -0.3 is 0 Å². The van der Waals surface area contributed by atoms with Crippen LogP contribution in [0.1, 0.15) is 74.7 Å². The Hall–Kier alpha value is 0. The number of rotatable bonds is 4. The Labute approximate surface area is 110 Å². The first kappa shape index (κ1) is 15.1. The highest BCUT2D eigenvalue weighted by atomic mass is 14.6. The molecule has 1 saturated carbocycles. The second kappa shape index (κ2) is 4.94. The minimum absolute atomic E-state index is 0.518. The van der Waals surface area contributed by atoms with Crippen LogP contribution in [-0.2, 0) is 0 Å². The molecule has 0 spiro atoms. The highest BCUT2D eigenvalue weighted by Crippen LogP contribution is 2.66. The van der Waals surface area contributed by atoms with Gasteiger partial charge in [-0.15, -0.1) is 0 Å². The van der Waals surface area contributed by atoms with E-state index in [1.165, 1.54) is 19.3 Å². The molecule has 0 saturated heterocycles. The van der Waals surface area contributed by atoms with E-state index in [9.17, 15) is 0 Å². The van der Waals surface area contributed by atoms with Gasteiger partial charge in [0, 0.05) is 0 Å². The molecule has 0 aromatic carbocycles. The topological polar surface area (TPSA) is 0 Å². The fraction of sp³-hybridized carbons (Fsp3) is 1.00. The van der Waals surface area contributed by atoms with Crippen LogP contribution < -0.4 is 0 Å². The van der Waals surface area contributed by atoms with Crippen LogP contribution in [0.5, 0.6) is 0 Å². The van der Waals surface area contributed by atoms with Gasteiger partial charge in [0.2, 0.25) is 0 Å². The first-order valence-electron chi connectivity index (χ1n) is 7.77. The number of hydrogen-bond donors (Lipinski definition) is 0. The summed E-state index contributed by atoms with van der Waals surface area (Å²) in [7, 11) is 0. The lowest BCUT2D eigenvalue weighted by atomic mass is 9.52. The molecule has 102 valence electrons. The van der Waals surface area contributed by atoms with Gasteiger partial charge in [-0.05, 0) is 53.8 Å². The van der Waals surface area contributed by atoms with Gasteiger partial charge in [0.15, 0.2) is 0 Å². The van der Waals surface area contributed by atoms with Crippen LogP contribution in [0.25, 0.3) is 0 Å². The average Bonchev–Trinajstić information content (AvgIpc) is 2.47. The molecule has 0 heteroatoms. The molecule has 0 nitrogen and oxygen atoms in total. The second-order valence-corrected chi connectivity index (χ2v) is 7.22. The fourth-order valence-corrected chi connectivity index (χ4v) is 5.33. The van der Waals surface area contributed by atoms with Gasteiger partial charge in [0.1, 0.15) is 0 Å². The van der Waals surface area contributed by atoms with Gasteiger partial charge in [0.25, 0.3) is 0 Å². The zero-order valence-electron chi connectivity index (χ0n) is 13.4. The van der Waals surface area contributed by atoms with Crippen molar-refractivity contribution in [3.8, 4) is 0 Å². The third-order valence-electron chi connectivity index (χ3n) is 6.95. The summed E-state index contributed by atoms with van der Waals surface area (Å²) in [5.74, 6) is 3.38. The molecule has 0 aromatic rings. The lowest BCUT2D eigenvalue weighted by Crippen LogP contribution is -2.46. The van der Waals surface area contributed by atoms with Crippen LogP contribution in [-0.4, -0.2) is 0 Å². The van der Waals surface area contributed by atoms with Gasteiger partial charge in [-0.25, -0.2) is 0 Å². The normalized spacial score (nSPS) is 38.6. The molecule has 0 N–H and O–H groups in total. The molecule has 1 aliphatic rings. The standard InChI is InChI=1S/C17H34/c1-9-17(10-2)14(6)11-13(5)16(17,8)15(7)12(3)4/h12-15H,9-11H2,1-8H3. The molecule has 0 radical (unpaired) electrons. The Morgan fingerprint density at radius 1 is 1.00 bits per heavy atom. The summed E-state index contributed by atoms with van der Waals surface area (Å²) >= 11 is 0. The SMILES string of the molecule is CCC1(CC)C(C)CC(C)C1(C)C(C)C(C)C. The van der Waals surface area contributed by atoms with Crippen LogP contribution in [0.2, 0.25) is 0 Å². The number of hydrogen-bond acceptors (Lipinski definition) is 0. The molecule has 17 heavy (non-hydrogen) atoms. The largest absolute Gasteiger partial charge is 0.0648 e. The van der Waals surface area contributed by atoms with Crippen molar-refractivity contribution in [2.45, 2.75) is 74.7 Å². The van der Waals surface area contributed by atoms with Crippen molar-refractivity contribution in [1.29, 1.82) is 0 Å². The second-order valence-electron chi connectivity index (χ2n) is 7.22. The first-order chi connectivity index (χ1) is 7.77. The van der Waals surface area contributed by atoms with E-state index in [-0.39, 0.29) is 0 Å². The minimum Gasteiger partial charge on any atom is -0.0648 e. The molecule has 1 rings (SSSR count). The van der Waals surface area contributed by atoms with Crippen LogP contribution in [0, 0.1) is 34.5 Å². The molecule has 4 atom stereocenters. The van der Waals surface area contributed by atoms with Crippen LogP contribution in [0.15, 0.2) is 0 Å². The molecular formula is C17H34. The smallest absolute Gasteiger partial charge is 0.0213 e. The van der Waals surface area contributed by atoms with E-state index in [1.54, 1.807) is 0 Å². The Morgan fingerprint density at radius 2 is 1.47 bits per heavy atom. The van der Waals surface area contributed by atoms with E-state index >= 15 is 0 Å². The van der Waals surface area contributed by atoms with Crippen molar-refractivity contribution in [3.63, 3.8) is 0 Å². The quantitative estimate of drug-likeness (QED) is 0.583. The van der Waals surface area contributed by atoms with Crippen molar-refractivity contribution in [2.24, 2.45) is 34.5 Å². The third-order valence-corrected chi connectivity index (χ3v) is 6.95. The van der Waals surface area contributed by atoms with Gasteiger partial charge in [-0.1, -0.05) is 55.4 Å². The summed E-state index contributed by atoms with van der Waals surface area (Å²) in [5, 5.41) is 0. The minimum atomic E-state index is 0.518. The van der Waals surface area contributed by atoms with Crippen molar-refractivity contribution >= 4 is 0 Å². The van der Waals surface area contributed by atoms with Gasteiger partial charge in [0.05, 0.1) is 0 Å². The monoisotopic (exact) mass is 238 g/mol. The molecule has 1 fully saturated rings. The Balaban J connectivity index is 3.24. The molecule has 0 aliphatic heterocycles. The predicted molar refractivity (Wildman–Crippen MR) is 78.1 cm³/mol. The van der Waals surface area contributed by atoms with Crippen molar-refractivity contribution in [2.75, 3.05) is 0 Å². The van der Waals surface area contributed by atoms with Crippen LogP contribution >= 0.6 is 0 Å². The molecular weight excluding hydrogens is 204 g/mol. The van der Waals surface area contributed by atoms with Crippen molar-refractivity contribution < 1.29 is 0 Å². The maximum atomic E-state index is 2.60. The molecule has 1 aliphatic carbocycles. The maximum Gasteiger partial charge on any atom is -0.0213 e. The molecule has 0 amide bonds. The lowest BCUT2D eigenvalue weighted by Gasteiger charge is -2.52. The van der Waals surface area contributed by atoms with Crippen LogP contribution in [0.4, 0.5) is 0 Å². The fourth-order valence-electron chi connectivity index (χ4n) is 5.33. The van der Waals surface area contributed by atoms with E-state index in [4.69, 9.17) is 0 Å². The molecule has 4 unspecified atom stereocenters. The summed E-state index contributed by atoms with van der Waals surface area (Å²) in [6, 6.07) is 0. The summed E-state index contributed by atoms with van der Waals surface area (Å²) in [6.45, 7) is 19.7. The predicted octanol–water partition coefficient (Wildman–Crippen LogP) is 5.77. The zero-order chi connectivity index (χ0) is 13.4. The third kappa shape index (κ3) is 1.87. The average molecular weight is 238 g/mol. The summed E-state index contributed by atoms with van der Waals surface area (Å²) < 4.78 is 0. The van der Waals surface area contributed by atoms with E-state index in [0.717, 1.165) is 23.7 Å². The van der Waals surface area contributed by atoms with E-state index in [0.29, 0.717) is 10.8 Å². The maximum absolute atomic E-state index is 2.60. The molecule has 0 aromatic heterocycles. The van der Waals surface area contributed by atoms with Crippen molar-refractivity contribution in [1.82, 2.24) is 0 Å². The lowest BCUT2D eigenvalue weighted by molar-refractivity contribution is -0.0429. The van der Waals surface area contributed by atoms with E-state index in [2.05, 4.69) is 55.4 Å². The van der Waals surface area contributed by atoms with E-state index in [1.807, 2.05) is 0 Å². The zero-order valence-corrected chi connectivity index (χ0v) is 13.4. The van der Waals surface area contributed by atoms with Crippen molar-refractivity contribution in [3.05, 3.63) is 0 Å². The van der Waals surface area contributed by atoms with Crippen LogP contribution in [0.3, 0.4) is 0 Å². The Kier molecular flexibility index (Phi) is 4.37. The molecule has 0 bridgehead atoms. The van der Waals surface area contributed by atoms with Gasteiger partial charge in [-0.2, -0.15) is 0 Å². The van der Waals surface area contributed by atoms with Gasteiger partial charge in [-0.3, -0.25) is 0 Å². The Morgan fingerprint density at radius 3 is 1.82 bits per heavy atom. The summed E-state index contributed by atoms with van der Waals surface area (Å²) in [6.07, 6.45) is 4.13. The molecule has 0 heterocycles. The van der Waals surface area contributed by atoms with Gasteiger partial charge >= 0.3 is 0 Å². The summed E-state index contributed by atoms with van der Waals surface area (Å²) in [5.41, 5.74) is 1.08. The summed E-state index contributed by atoms with van der Waals surface area (Å²) in [4.78, 5) is 0. The first-order valence-corrected chi connectivity index (χ1v) is 7.77. The Bertz CT molecular complexity index is 249. The highest BCUT2D eigenvalue weighted by Gasteiger charge is 2.59.